The summed E-state index contributed by atoms with van der Waals surface area (Å²) in [4.78, 5) is 19.9. The molecule has 2 aromatic rings. The Morgan fingerprint density at radius 2 is 2.03 bits per heavy atom. The Bertz CT molecular complexity index is 959. The standard InChI is InChI=1S/C25H35F2N3O2S/c1-17(2)29-22(31)32-24(6,27)25(12-11-20-9-10-21(26)33-20)13-14-30(16-25)23(4,5)19-8-7-18(3)28-15-19/h7-10,15,17H,11-14,16H2,1-6H3,(H,29,31)/t24?,25-/m1/s1. The predicted octanol–water partition coefficient (Wildman–Crippen LogP) is 5.97. The molecule has 1 saturated heterocycles. The van der Waals surface area contributed by atoms with Crippen molar-refractivity contribution in [2.24, 2.45) is 5.41 Å². The van der Waals surface area contributed by atoms with Gasteiger partial charge in [0.1, 0.15) is 0 Å². The van der Waals surface area contributed by atoms with Gasteiger partial charge in [-0.25, -0.2) is 4.79 Å². The fourth-order valence-corrected chi connectivity index (χ4v) is 5.28. The minimum absolute atomic E-state index is 0.161. The lowest BCUT2D eigenvalue weighted by atomic mass is 9.75. The van der Waals surface area contributed by atoms with E-state index in [1.165, 1.54) is 13.0 Å². The van der Waals surface area contributed by atoms with Crippen LogP contribution in [0, 0.1) is 17.5 Å². The van der Waals surface area contributed by atoms with E-state index in [0.717, 1.165) is 27.5 Å². The Morgan fingerprint density at radius 3 is 2.61 bits per heavy atom. The molecule has 0 bridgehead atoms. The van der Waals surface area contributed by atoms with Crippen LogP contribution >= 0.6 is 11.3 Å². The van der Waals surface area contributed by atoms with Gasteiger partial charge in [0.05, 0.1) is 5.41 Å². The van der Waals surface area contributed by atoms with Gasteiger partial charge in [-0.15, -0.1) is 11.3 Å². The summed E-state index contributed by atoms with van der Waals surface area (Å²) in [6, 6.07) is 7.04. The first-order chi connectivity index (χ1) is 15.3. The number of rotatable bonds is 8. The second-order valence-corrected chi connectivity index (χ2v) is 11.1. The molecule has 0 spiro atoms. The van der Waals surface area contributed by atoms with Crippen LogP contribution in [0.25, 0.3) is 0 Å². The van der Waals surface area contributed by atoms with E-state index in [1.54, 1.807) is 19.9 Å². The summed E-state index contributed by atoms with van der Waals surface area (Å²) < 4.78 is 35.2. The number of amides is 1. The first-order valence-electron chi connectivity index (χ1n) is 11.5. The van der Waals surface area contributed by atoms with Crippen molar-refractivity contribution < 1.29 is 18.3 Å². The molecule has 3 rings (SSSR count). The first-order valence-corrected chi connectivity index (χ1v) is 12.3. The highest BCUT2D eigenvalue weighted by molar-refractivity contribution is 7.10. The number of alkyl carbamates (subject to hydrolysis) is 1. The van der Waals surface area contributed by atoms with Crippen molar-refractivity contribution in [2.45, 2.75) is 78.2 Å². The lowest BCUT2D eigenvalue weighted by molar-refractivity contribution is -0.173. The number of hydrogen-bond donors (Lipinski definition) is 1. The van der Waals surface area contributed by atoms with E-state index in [2.05, 4.69) is 35.1 Å². The van der Waals surface area contributed by atoms with Crippen molar-refractivity contribution in [1.29, 1.82) is 0 Å². The molecule has 1 aliphatic rings. The number of carbonyl (C=O) groups is 1. The molecule has 0 radical (unpaired) electrons. The number of likely N-dealkylation sites (tertiary alicyclic amines) is 1. The molecule has 0 aromatic carbocycles. The van der Waals surface area contributed by atoms with Crippen molar-refractivity contribution in [3.8, 4) is 0 Å². The molecule has 1 amide bonds. The van der Waals surface area contributed by atoms with Gasteiger partial charge >= 0.3 is 6.09 Å². The molecule has 8 heteroatoms. The van der Waals surface area contributed by atoms with E-state index >= 15 is 4.39 Å². The van der Waals surface area contributed by atoms with Gasteiger partial charge in [-0.1, -0.05) is 6.07 Å². The molecule has 2 aromatic heterocycles. The number of nitrogens with zero attached hydrogens (tertiary/aromatic N) is 2. The van der Waals surface area contributed by atoms with E-state index in [1.807, 2.05) is 19.2 Å². The van der Waals surface area contributed by atoms with E-state index in [0.29, 0.717) is 32.4 Å². The highest BCUT2D eigenvalue weighted by atomic mass is 32.1. The van der Waals surface area contributed by atoms with Gasteiger partial charge in [0, 0.05) is 41.8 Å². The maximum absolute atomic E-state index is 16.3. The van der Waals surface area contributed by atoms with Gasteiger partial charge in [-0.3, -0.25) is 9.88 Å². The van der Waals surface area contributed by atoms with Crippen LogP contribution in [0.15, 0.2) is 30.5 Å². The van der Waals surface area contributed by atoms with Crippen molar-refractivity contribution in [2.75, 3.05) is 13.1 Å². The van der Waals surface area contributed by atoms with Gasteiger partial charge in [0.2, 0.25) is 0 Å². The van der Waals surface area contributed by atoms with Crippen LogP contribution in [0.4, 0.5) is 13.6 Å². The molecular weight excluding hydrogens is 444 g/mol. The first kappa shape index (κ1) is 25.6. The summed E-state index contributed by atoms with van der Waals surface area (Å²) in [5.74, 6) is -2.20. The highest BCUT2D eigenvalue weighted by Gasteiger charge is 2.57. The number of hydrogen-bond acceptors (Lipinski definition) is 5. The zero-order valence-corrected chi connectivity index (χ0v) is 21.2. The van der Waals surface area contributed by atoms with Gasteiger partial charge in [0.25, 0.3) is 5.85 Å². The fourth-order valence-electron chi connectivity index (χ4n) is 4.55. The molecule has 33 heavy (non-hydrogen) atoms. The number of ether oxygens (including phenoxy) is 1. The molecule has 1 N–H and O–H groups in total. The third kappa shape index (κ3) is 5.72. The molecule has 2 atom stereocenters. The minimum atomic E-state index is -2.20. The monoisotopic (exact) mass is 479 g/mol. The Balaban J connectivity index is 1.87. The van der Waals surface area contributed by atoms with Gasteiger partial charge < -0.3 is 10.1 Å². The zero-order valence-electron chi connectivity index (χ0n) is 20.4. The summed E-state index contributed by atoms with van der Waals surface area (Å²) in [6.45, 7) is 12.2. The minimum Gasteiger partial charge on any atom is -0.412 e. The topological polar surface area (TPSA) is 54.5 Å². The second-order valence-electron chi connectivity index (χ2n) is 10.0. The molecule has 1 fully saturated rings. The maximum Gasteiger partial charge on any atom is 0.410 e. The molecule has 182 valence electrons. The number of nitrogens with one attached hydrogen (secondary N) is 1. The summed E-state index contributed by atoms with van der Waals surface area (Å²) >= 11 is 1.08. The molecule has 1 aliphatic heterocycles. The Kier molecular flexibility index (Phi) is 7.49. The van der Waals surface area contributed by atoms with Crippen molar-refractivity contribution in [3.05, 3.63) is 51.7 Å². The fraction of sp³-hybridized carbons (Fsp3) is 0.600. The molecule has 0 aliphatic carbocycles. The molecular formula is C25H35F2N3O2S. The lowest BCUT2D eigenvalue weighted by Gasteiger charge is -2.42. The predicted molar refractivity (Wildman–Crippen MR) is 127 cm³/mol. The van der Waals surface area contributed by atoms with Crippen LogP contribution in [-0.2, 0) is 16.7 Å². The van der Waals surface area contributed by atoms with E-state index < -0.39 is 17.4 Å². The third-order valence-corrected chi connectivity index (χ3v) is 7.81. The van der Waals surface area contributed by atoms with E-state index in [9.17, 15) is 9.18 Å². The number of alkyl halides is 1. The van der Waals surface area contributed by atoms with Crippen LogP contribution in [0.5, 0.6) is 0 Å². The smallest absolute Gasteiger partial charge is 0.410 e. The van der Waals surface area contributed by atoms with Crippen LogP contribution in [-0.4, -0.2) is 41.0 Å². The zero-order chi connectivity index (χ0) is 24.4. The summed E-state index contributed by atoms with van der Waals surface area (Å²) in [5.41, 5.74) is 0.669. The van der Waals surface area contributed by atoms with Crippen LogP contribution in [0.3, 0.4) is 0 Å². The van der Waals surface area contributed by atoms with Crippen molar-refractivity contribution in [1.82, 2.24) is 15.2 Å². The Hall–Kier alpha value is -2.06. The number of aryl methyl sites for hydroxylation is 2. The molecule has 5 nitrogen and oxygen atoms in total. The van der Waals surface area contributed by atoms with Crippen molar-refractivity contribution >= 4 is 17.4 Å². The van der Waals surface area contributed by atoms with E-state index in [-0.39, 0.29) is 16.7 Å². The van der Waals surface area contributed by atoms with Gasteiger partial charge in [-0.2, -0.15) is 8.78 Å². The van der Waals surface area contributed by atoms with E-state index in [4.69, 9.17) is 4.74 Å². The number of aromatic nitrogens is 1. The largest absolute Gasteiger partial charge is 0.412 e. The van der Waals surface area contributed by atoms with Crippen LogP contribution in [0.2, 0.25) is 0 Å². The van der Waals surface area contributed by atoms with Gasteiger partial charge in [-0.05, 0) is 84.2 Å². The Labute approximate surface area is 199 Å². The van der Waals surface area contributed by atoms with Crippen LogP contribution < -0.4 is 5.32 Å². The van der Waals surface area contributed by atoms with Crippen LogP contribution in [0.1, 0.15) is 63.6 Å². The van der Waals surface area contributed by atoms with Crippen molar-refractivity contribution in [3.63, 3.8) is 0 Å². The quantitative estimate of drug-likeness (QED) is 0.507. The second kappa shape index (κ2) is 9.66. The molecule has 3 heterocycles. The maximum atomic E-state index is 16.3. The Morgan fingerprint density at radius 1 is 1.30 bits per heavy atom. The highest BCUT2D eigenvalue weighted by Crippen LogP contribution is 2.50. The average Bonchev–Trinajstić information content (AvgIpc) is 3.33. The third-order valence-electron chi connectivity index (χ3n) is 6.88. The van der Waals surface area contributed by atoms with Gasteiger partial charge in [0.15, 0.2) is 5.13 Å². The summed E-state index contributed by atoms with van der Waals surface area (Å²) in [5, 5.41) is 2.36. The molecule has 1 unspecified atom stereocenters. The number of halogens is 2. The lowest BCUT2D eigenvalue weighted by Crippen LogP contribution is -2.51. The normalized spacial score (nSPS) is 21.2. The molecule has 0 saturated carbocycles. The SMILES string of the molecule is Cc1ccc(C(C)(C)N2CC[C@@](CCc3ccc(F)s3)(C(C)(F)OC(=O)NC(C)C)C2)cn1. The number of thiophene rings is 1. The summed E-state index contributed by atoms with van der Waals surface area (Å²) in [7, 11) is 0. The average molecular weight is 480 g/mol. The number of carbonyl (C=O) groups excluding carboxylic acids is 1. The number of pyridine rings is 1. The summed E-state index contributed by atoms with van der Waals surface area (Å²) in [6.07, 6.45) is 2.57.